The number of carboxylic acids is 1. The lowest BCUT2D eigenvalue weighted by Crippen LogP contribution is -2.66. The molecule has 22 heavy (non-hydrogen) atoms. The van der Waals surface area contributed by atoms with Gasteiger partial charge in [0.25, 0.3) is 0 Å². The summed E-state index contributed by atoms with van der Waals surface area (Å²) in [6, 6.07) is 9.36. The normalized spacial score (nSPS) is 29.3. The summed E-state index contributed by atoms with van der Waals surface area (Å²) in [6.45, 7) is 0.790. The van der Waals surface area contributed by atoms with Gasteiger partial charge >= 0.3 is 12.1 Å². The summed E-state index contributed by atoms with van der Waals surface area (Å²) in [5, 5.41) is 11.9. The van der Waals surface area contributed by atoms with Crippen molar-refractivity contribution >= 4 is 12.1 Å². The Kier molecular flexibility index (Phi) is 4.02. The molecule has 1 aliphatic heterocycles. The molecule has 3 atom stereocenters. The Bertz CT molecular complexity index is 561. The number of hydrogen-bond acceptors (Lipinski definition) is 4. The quantitative estimate of drug-likeness (QED) is 0.868. The number of hydrogen-bond donors (Lipinski definition) is 2. The molecular weight excluding hydrogens is 286 g/mol. The zero-order valence-corrected chi connectivity index (χ0v) is 12.2. The second-order valence-corrected chi connectivity index (χ2v) is 5.92. The molecule has 2 aliphatic rings. The van der Waals surface area contributed by atoms with Gasteiger partial charge in [-0.2, -0.15) is 0 Å². The number of rotatable bonds is 5. The summed E-state index contributed by atoms with van der Waals surface area (Å²) in [5.41, 5.74) is 0.154. The summed E-state index contributed by atoms with van der Waals surface area (Å²) >= 11 is 0. The summed E-state index contributed by atoms with van der Waals surface area (Å²) < 4.78 is 10.7. The molecule has 0 radical (unpaired) electrons. The summed E-state index contributed by atoms with van der Waals surface area (Å²) in [6.07, 6.45) is 0.698. The van der Waals surface area contributed by atoms with E-state index in [0.29, 0.717) is 13.0 Å². The van der Waals surface area contributed by atoms with Gasteiger partial charge in [0.1, 0.15) is 6.61 Å². The molecule has 1 unspecified atom stereocenters. The number of benzene rings is 1. The lowest BCUT2D eigenvalue weighted by Gasteiger charge is -2.50. The molecule has 3 rings (SSSR count). The van der Waals surface area contributed by atoms with E-state index in [2.05, 4.69) is 5.32 Å². The first-order chi connectivity index (χ1) is 10.6. The topological polar surface area (TPSA) is 84.9 Å². The van der Waals surface area contributed by atoms with Gasteiger partial charge in [0.2, 0.25) is 0 Å². The smallest absolute Gasteiger partial charge is 0.407 e. The number of aliphatic carboxylic acids is 1. The molecule has 1 saturated carbocycles. The van der Waals surface area contributed by atoms with E-state index in [1.165, 1.54) is 0 Å². The second kappa shape index (κ2) is 5.96. The first-order valence-corrected chi connectivity index (χ1v) is 7.41. The largest absolute Gasteiger partial charge is 0.481 e. The maximum Gasteiger partial charge on any atom is 0.407 e. The number of alkyl carbamates (subject to hydrolysis) is 1. The first kappa shape index (κ1) is 14.8. The molecule has 1 aliphatic carbocycles. The summed E-state index contributed by atoms with van der Waals surface area (Å²) in [5.74, 6) is -0.860. The Morgan fingerprint density at radius 1 is 1.36 bits per heavy atom. The molecule has 6 heteroatoms. The average Bonchev–Trinajstić information content (AvgIpc) is 2.88. The lowest BCUT2D eigenvalue weighted by molar-refractivity contribution is -0.143. The highest BCUT2D eigenvalue weighted by Gasteiger charge is 2.58. The van der Waals surface area contributed by atoms with Crippen LogP contribution < -0.4 is 5.32 Å². The Balaban J connectivity index is 1.59. The van der Waals surface area contributed by atoms with Crippen molar-refractivity contribution in [3.05, 3.63) is 35.9 Å². The molecular formula is C16H19NO5. The first-order valence-electron chi connectivity index (χ1n) is 7.41. The summed E-state index contributed by atoms with van der Waals surface area (Å²) in [7, 11) is 0. The number of carboxylic acid groups (broad SMARTS) is 1. The molecule has 1 aromatic carbocycles. The number of amides is 1. The van der Waals surface area contributed by atoms with Gasteiger partial charge in [0, 0.05) is 12.5 Å². The van der Waals surface area contributed by atoms with Crippen molar-refractivity contribution in [2.45, 2.75) is 37.5 Å². The Morgan fingerprint density at radius 3 is 2.82 bits per heavy atom. The predicted molar refractivity (Wildman–Crippen MR) is 77.2 cm³/mol. The van der Waals surface area contributed by atoms with Crippen LogP contribution in [0.15, 0.2) is 30.3 Å². The van der Waals surface area contributed by atoms with Crippen LogP contribution >= 0.6 is 0 Å². The van der Waals surface area contributed by atoms with Gasteiger partial charge in [-0.1, -0.05) is 30.3 Å². The SMILES string of the molecule is O=C(O)CC1(NC(=O)OCc2ccccc2)C[C@H]2OCC[C@H]21. The van der Waals surface area contributed by atoms with Gasteiger partial charge in [-0.05, 0) is 18.4 Å². The number of fused-ring (bicyclic) bond motifs is 1. The van der Waals surface area contributed by atoms with Crippen LogP contribution in [-0.4, -0.2) is 35.4 Å². The number of ether oxygens (including phenoxy) is 2. The minimum Gasteiger partial charge on any atom is -0.481 e. The zero-order chi connectivity index (χ0) is 15.6. The highest BCUT2D eigenvalue weighted by atomic mass is 16.5. The van der Waals surface area contributed by atoms with Gasteiger partial charge in [0.15, 0.2) is 0 Å². The molecule has 2 fully saturated rings. The monoisotopic (exact) mass is 305 g/mol. The van der Waals surface area contributed by atoms with E-state index in [4.69, 9.17) is 14.6 Å². The molecule has 1 heterocycles. The average molecular weight is 305 g/mol. The molecule has 1 amide bonds. The number of nitrogens with one attached hydrogen (secondary N) is 1. The standard InChI is InChI=1S/C16H19NO5/c18-14(19)9-16(8-13-12(16)6-7-21-13)17-15(20)22-10-11-4-2-1-3-5-11/h1-5,12-13H,6-10H2,(H,17,20)(H,18,19)/t12-,13-,16?/m1/s1. The van der Waals surface area contributed by atoms with Gasteiger partial charge in [0.05, 0.1) is 18.1 Å². The minimum atomic E-state index is -0.922. The molecule has 118 valence electrons. The second-order valence-electron chi connectivity index (χ2n) is 5.92. The highest BCUT2D eigenvalue weighted by molar-refractivity contribution is 5.73. The van der Waals surface area contributed by atoms with E-state index in [-0.39, 0.29) is 25.0 Å². The van der Waals surface area contributed by atoms with E-state index in [0.717, 1.165) is 12.0 Å². The minimum absolute atomic E-state index is 0.0628. The molecule has 0 spiro atoms. The Morgan fingerprint density at radius 2 is 2.14 bits per heavy atom. The van der Waals surface area contributed by atoms with Crippen LogP contribution in [0.5, 0.6) is 0 Å². The van der Waals surface area contributed by atoms with Crippen LogP contribution in [0.3, 0.4) is 0 Å². The van der Waals surface area contributed by atoms with Gasteiger partial charge < -0.3 is 19.9 Å². The van der Waals surface area contributed by atoms with Crippen molar-refractivity contribution in [2.24, 2.45) is 5.92 Å². The van der Waals surface area contributed by atoms with E-state index < -0.39 is 17.6 Å². The van der Waals surface area contributed by atoms with Crippen molar-refractivity contribution < 1.29 is 24.2 Å². The third-order valence-electron chi connectivity index (χ3n) is 4.52. The summed E-state index contributed by atoms with van der Waals surface area (Å²) in [4.78, 5) is 23.2. The van der Waals surface area contributed by atoms with Crippen LogP contribution in [0, 0.1) is 5.92 Å². The third-order valence-corrected chi connectivity index (χ3v) is 4.52. The molecule has 1 saturated heterocycles. The Hall–Kier alpha value is -2.08. The van der Waals surface area contributed by atoms with Crippen LogP contribution in [0.1, 0.15) is 24.8 Å². The fourth-order valence-electron chi connectivity index (χ4n) is 3.46. The van der Waals surface area contributed by atoms with Crippen LogP contribution in [0.4, 0.5) is 4.79 Å². The molecule has 1 aromatic rings. The van der Waals surface area contributed by atoms with Crippen molar-refractivity contribution in [2.75, 3.05) is 6.61 Å². The fraction of sp³-hybridized carbons (Fsp3) is 0.500. The van der Waals surface area contributed by atoms with Crippen LogP contribution in [0.2, 0.25) is 0 Å². The lowest BCUT2D eigenvalue weighted by atomic mass is 9.62. The van der Waals surface area contributed by atoms with Gasteiger partial charge in [-0.3, -0.25) is 4.79 Å². The van der Waals surface area contributed by atoms with E-state index in [1.807, 2.05) is 30.3 Å². The zero-order valence-electron chi connectivity index (χ0n) is 12.2. The van der Waals surface area contributed by atoms with Crippen LogP contribution in [-0.2, 0) is 20.9 Å². The van der Waals surface area contributed by atoms with E-state index >= 15 is 0 Å². The van der Waals surface area contributed by atoms with Crippen molar-refractivity contribution in [1.82, 2.24) is 5.32 Å². The van der Waals surface area contributed by atoms with Gasteiger partial charge in [-0.25, -0.2) is 4.79 Å². The number of carbonyl (C=O) groups excluding carboxylic acids is 1. The Labute approximate surface area is 128 Å². The van der Waals surface area contributed by atoms with Crippen molar-refractivity contribution in [3.8, 4) is 0 Å². The van der Waals surface area contributed by atoms with Crippen molar-refractivity contribution in [1.29, 1.82) is 0 Å². The maximum absolute atomic E-state index is 12.0. The fourth-order valence-corrected chi connectivity index (χ4v) is 3.46. The van der Waals surface area contributed by atoms with E-state index in [9.17, 15) is 9.59 Å². The predicted octanol–water partition coefficient (Wildman–Crippen LogP) is 1.94. The maximum atomic E-state index is 12.0. The van der Waals surface area contributed by atoms with Crippen LogP contribution in [0.25, 0.3) is 0 Å². The molecule has 0 aromatic heterocycles. The molecule has 6 nitrogen and oxygen atoms in total. The highest BCUT2D eigenvalue weighted by Crippen LogP contribution is 2.48. The van der Waals surface area contributed by atoms with Crippen molar-refractivity contribution in [3.63, 3.8) is 0 Å². The number of carbonyl (C=O) groups is 2. The third kappa shape index (κ3) is 2.92. The van der Waals surface area contributed by atoms with E-state index in [1.54, 1.807) is 0 Å². The van der Waals surface area contributed by atoms with Gasteiger partial charge in [-0.15, -0.1) is 0 Å². The molecule has 2 N–H and O–H groups in total. The molecule has 0 bridgehead atoms.